The Labute approximate surface area is 179 Å². The zero-order valence-corrected chi connectivity index (χ0v) is 17.5. The average Bonchev–Trinajstić information content (AvgIpc) is 3.19. The summed E-state index contributed by atoms with van der Waals surface area (Å²) in [6, 6.07) is 15.6. The van der Waals surface area contributed by atoms with Gasteiger partial charge in [-0.1, -0.05) is 18.2 Å². The van der Waals surface area contributed by atoms with Crippen molar-refractivity contribution in [1.29, 1.82) is 0 Å². The molecule has 0 spiro atoms. The first kappa shape index (κ1) is 22.0. The zero-order chi connectivity index (χ0) is 21.3. The number of fused-ring (bicyclic) bond motifs is 1. The molecule has 0 aliphatic rings. The summed E-state index contributed by atoms with van der Waals surface area (Å²) < 4.78 is 19.5. The maximum absolute atomic E-state index is 12.9. The summed E-state index contributed by atoms with van der Waals surface area (Å²) in [6.07, 6.45) is -1.49. The molecule has 0 saturated carbocycles. The van der Waals surface area contributed by atoms with Gasteiger partial charge >= 0.3 is 0 Å². The summed E-state index contributed by atoms with van der Waals surface area (Å²) in [5.41, 5.74) is 0. The highest BCUT2D eigenvalue weighted by atomic mass is 32.1. The lowest BCUT2D eigenvalue weighted by molar-refractivity contribution is 0.114. The molecule has 160 valence electrons. The van der Waals surface area contributed by atoms with Gasteiger partial charge in [0.1, 0.15) is 30.4 Å². The van der Waals surface area contributed by atoms with Crippen LogP contribution in [-0.4, -0.2) is 48.5 Å². The maximum Gasteiger partial charge on any atom is 0.191 e. The number of thiophene rings is 1. The Kier molecular flexibility index (Phi) is 8.01. The molecule has 0 aliphatic carbocycles. The monoisotopic (exact) mass is 431 g/mol. The molecule has 4 N–H and O–H groups in total. The molecular formula is C22H26FN3O3S. The Balaban J connectivity index is 1.49. The molecule has 0 aliphatic heterocycles. The van der Waals surface area contributed by atoms with Crippen LogP contribution in [0.15, 0.2) is 59.6 Å². The first-order valence-corrected chi connectivity index (χ1v) is 10.6. The summed E-state index contributed by atoms with van der Waals surface area (Å²) in [5, 5.41) is 27.9. The van der Waals surface area contributed by atoms with Gasteiger partial charge in [0, 0.05) is 22.7 Å². The fourth-order valence-corrected chi connectivity index (χ4v) is 3.83. The molecule has 0 radical (unpaired) electrons. The van der Waals surface area contributed by atoms with Gasteiger partial charge in [-0.3, -0.25) is 4.99 Å². The van der Waals surface area contributed by atoms with Gasteiger partial charge in [-0.25, -0.2) is 4.39 Å². The fraction of sp³-hybridized carbons (Fsp3) is 0.318. The predicted octanol–water partition coefficient (Wildman–Crippen LogP) is 3.07. The number of hydrogen-bond donors (Lipinski definition) is 4. The van der Waals surface area contributed by atoms with Crippen LogP contribution in [0.5, 0.6) is 5.75 Å². The molecule has 2 atom stereocenters. The van der Waals surface area contributed by atoms with Crippen LogP contribution in [0.25, 0.3) is 10.1 Å². The van der Waals surface area contributed by atoms with Crippen molar-refractivity contribution >= 4 is 27.4 Å². The van der Waals surface area contributed by atoms with E-state index in [4.69, 9.17) is 4.74 Å². The minimum Gasteiger partial charge on any atom is -0.491 e. The van der Waals surface area contributed by atoms with Crippen LogP contribution >= 0.6 is 11.3 Å². The second kappa shape index (κ2) is 10.9. The van der Waals surface area contributed by atoms with Crippen LogP contribution in [0.3, 0.4) is 0 Å². The second-order valence-electron chi connectivity index (χ2n) is 6.72. The Bertz CT molecular complexity index is 929. The second-order valence-corrected chi connectivity index (χ2v) is 7.84. The standard InChI is InChI=1S/C22H26FN3O3S/c1-2-24-22(25-12-17(27)14-29-18-9-7-16(23)8-10-18)26-13-19(28)21-11-15-5-3-4-6-20(15)30-21/h3-11,17,19,27-28H,2,12-14H2,1H3,(H2,24,25,26). The predicted molar refractivity (Wildman–Crippen MR) is 119 cm³/mol. The fourth-order valence-electron chi connectivity index (χ4n) is 2.77. The number of hydrogen-bond acceptors (Lipinski definition) is 5. The third-order valence-corrected chi connectivity index (χ3v) is 5.51. The molecule has 0 saturated heterocycles. The normalized spacial score (nSPS) is 13.8. The molecule has 1 heterocycles. The summed E-state index contributed by atoms with van der Waals surface area (Å²) in [5.74, 6) is 0.640. The summed E-state index contributed by atoms with van der Waals surface area (Å²) in [4.78, 5) is 5.23. The van der Waals surface area contributed by atoms with E-state index in [-0.39, 0.29) is 19.0 Å². The average molecular weight is 432 g/mol. The number of aliphatic imine (C=N–C) groups is 1. The maximum atomic E-state index is 12.9. The highest BCUT2D eigenvalue weighted by Crippen LogP contribution is 2.29. The number of nitrogens with one attached hydrogen (secondary N) is 2. The number of ether oxygens (including phenoxy) is 1. The van der Waals surface area contributed by atoms with Gasteiger partial charge in [0.15, 0.2) is 5.96 Å². The lowest BCUT2D eigenvalue weighted by atomic mass is 10.2. The van der Waals surface area contributed by atoms with Gasteiger partial charge in [-0.2, -0.15) is 0 Å². The molecule has 2 unspecified atom stereocenters. The molecule has 1 aromatic heterocycles. The first-order chi connectivity index (χ1) is 14.5. The van der Waals surface area contributed by atoms with Crippen molar-refractivity contribution in [3.05, 3.63) is 65.3 Å². The Morgan fingerprint density at radius 3 is 2.63 bits per heavy atom. The molecule has 2 aromatic carbocycles. The number of guanidine groups is 1. The lowest BCUT2D eigenvalue weighted by Crippen LogP contribution is -2.40. The van der Waals surface area contributed by atoms with Crippen molar-refractivity contribution in [2.75, 3.05) is 26.2 Å². The van der Waals surface area contributed by atoms with Crippen LogP contribution in [0, 0.1) is 5.82 Å². The Morgan fingerprint density at radius 2 is 1.90 bits per heavy atom. The molecule has 30 heavy (non-hydrogen) atoms. The Hall–Kier alpha value is -2.68. The third-order valence-electron chi connectivity index (χ3n) is 4.30. The molecule has 3 rings (SSSR count). The number of aliphatic hydroxyl groups is 2. The van der Waals surface area contributed by atoms with E-state index in [1.54, 1.807) is 11.3 Å². The SMILES string of the molecule is CCNC(=NCC(O)COc1ccc(F)cc1)NCC(O)c1cc2ccccc2s1. The van der Waals surface area contributed by atoms with Crippen molar-refractivity contribution in [3.8, 4) is 5.75 Å². The van der Waals surface area contributed by atoms with Gasteiger partial charge in [0.05, 0.1) is 6.54 Å². The molecule has 8 heteroatoms. The van der Waals surface area contributed by atoms with Crippen molar-refractivity contribution in [1.82, 2.24) is 10.6 Å². The third kappa shape index (κ3) is 6.41. The highest BCUT2D eigenvalue weighted by molar-refractivity contribution is 7.19. The molecule has 6 nitrogen and oxygen atoms in total. The summed E-state index contributed by atoms with van der Waals surface area (Å²) in [7, 11) is 0. The van der Waals surface area contributed by atoms with Gasteiger partial charge in [-0.05, 0) is 48.7 Å². The van der Waals surface area contributed by atoms with Crippen molar-refractivity contribution in [2.24, 2.45) is 4.99 Å². The van der Waals surface area contributed by atoms with Crippen LogP contribution < -0.4 is 15.4 Å². The number of nitrogens with zero attached hydrogens (tertiary/aromatic N) is 1. The quantitative estimate of drug-likeness (QED) is 0.309. The number of rotatable bonds is 9. The van der Waals surface area contributed by atoms with Crippen LogP contribution in [-0.2, 0) is 0 Å². The smallest absolute Gasteiger partial charge is 0.191 e. The number of halogens is 1. The van der Waals surface area contributed by atoms with E-state index < -0.39 is 12.2 Å². The van der Waals surface area contributed by atoms with Crippen molar-refractivity contribution in [3.63, 3.8) is 0 Å². The van der Waals surface area contributed by atoms with Crippen molar-refractivity contribution in [2.45, 2.75) is 19.1 Å². The lowest BCUT2D eigenvalue weighted by Gasteiger charge is -2.15. The minimum atomic E-state index is -0.821. The van der Waals surface area contributed by atoms with E-state index in [0.717, 1.165) is 15.0 Å². The van der Waals surface area contributed by atoms with E-state index in [2.05, 4.69) is 15.6 Å². The van der Waals surface area contributed by atoms with E-state index in [1.807, 2.05) is 37.3 Å². The molecule has 0 fully saturated rings. The number of benzene rings is 2. The first-order valence-electron chi connectivity index (χ1n) is 9.80. The van der Waals surface area contributed by atoms with Gasteiger partial charge < -0.3 is 25.6 Å². The molecule has 3 aromatic rings. The van der Waals surface area contributed by atoms with E-state index in [9.17, 15) is 14.6 Å². The van der Waals surface area contributed by atoms with Gasteiger partial charge in [-0.15, -0.1) is 11.3 Å². The van der Waals surface area contributed by atoms with Gasteiger partial charge in [0.25, 0.3) is 0 Å². The highest BCUT2D eigenvalue weighted by Gasteiger charge is 2.12. The topological polar surface area (TPSA) is 86.1 Å². The number of aliphatic hydroxyl groups excluding tert-OH is 2. The van der Waals surface area contributed by atoms with Gasteiger partial charge in [0.2, 0.25) is 0 Å². The largest absolute Gasteiger partial charge is 0.491 e. The van der Waals surface area contributed by atoms with Crippen molar-refractivity contribution < 1.29 is 19.3 Å². The Morgan fingerprint density at radius 1 is 1.13 bits per heavy atom. The summed E-state index contributed by atoms with van der Waals surface area (Å²) >= 11 is 1.56. The van der Waals surface area contributed by atoms with E-state index in [1.165, 1.54) is 24.3 Å². The molecule has 0 amide bonds. The van der Waals surface area contributed by atoms with E-state index >= 15 is 0 Å². The summed E-state index contributed by atoms with van der Waals surface area (Å²) in [6.45, 7) is 3.04. The molecular weight excluding hydrogens is 405 g/mol. The van der Waals surface area contributed by atoms with Crippen LogP contribution in [0.2, 0.25) is 0 Å². The van der Waals surface area contributed by atoms with E-state index in [0.29, 0.717) is 24.8 Å². The van der Waals surface area contributed by atoms with Crippen LogP contribution in [0.4, 0.5) is 4.39 Å². The van der Waals surface area contributed by atoms with Crippen LogP contribution in [0.1, 0.15) is 17.9 Å². The minimum absolute atomic E-state index is 0.0406. The zero-order valence-electron chi connectivity index (χ0n) is 16.7. The molecule has 0 bridgehead atoms.